The van der Waals surface area contributed by atoms with Crippen molar-refractivity contribution < 1.29 is 9.53 Å². The maximum absolute atomic E-state index is 11.6. The standard InChI is InChI=1S/C14H21ClN2O2.ClH/c1-10(2)9-13(16)14(18)17-7-8-19-12-5-3-11(15)4-6-12;/h3-6,10,13H,7-9,16H2,1-2H3,(H,17,18);1H/t13-;/m0./s1. The van der Waals surface area contributed by atoms with Crippen molar-refractivity contribution >= 4 is 29.9 Å². The first-order valence-corrected chi connectivity index (χ1v) is 6.78. The number of amides is 1. The van der Waals surface area contributed by atoms with Gasteiger partial charge in [0.25, 0.3) is 0 Å². The van der Waals surface area contributed by atoms with E-state index in [4.69, 9.17) is 22.1 Å². The van der Waals surface area contributed by atoms with Gasteiger partial charge in [-0.2, -0.15) is 0 Å². The molecule has 1 amide bonds. The summed E-state index contributed by atoms with van der Waals surface area (Å²) in [6.07, 6.45) is 0.684. The van der Waals surface area contributed by atoms with E-state index in [0.717, 1.165) is 5.75 Å². The van der Waals surface area contributed by atoms with Crippen LogP contribution in [0.15, 0.2) is 24.3 Å². The van der Waals surface area contributed by atoms with E-state index in [1.165, 1.54) is 0 Å². The first-order valence-electron chi connectivity index (χ1n) is 6.40. The summed E-state index contributed by atoms with van der Waals surface area (Å²) in [6, 6.07) is 6.64. The monoisotopic (exact) mass is 320 g/mol. The Morgan fingerprint density at radius 2 is 1.95 bits per heavy atom. The third-order valence-corrected chi connectivity index (χ3v) is 2.80. The summed E-state index contributed by atoms with van der Waals surface area (Å²) in [4.78, 5) is 11.6. The molecular formula is C14H22Cl2N2O2. The predicted molar refractivity (Wildman–Crippen MR) is 84.6 cm³/mol. The molecule has 0 bridgehead atoms. The summed E-state index contributed by atoms with van der Waals surface area (Å²) < 4.78 is 5.46. The van der Waals surface area contributed by atoms with Crippen LogP contribution in [0, 0.1) is 5.92 Å². The van der Waals surface area contributed by atoms with Crippen LogP contribution in [0.2, 0.25) is 5.02 Å². The van der Waals surface area contributed by atoms with Crippen molar-refractivity contribution in [3.05, 3.63) is 29.3 Å². The normalized spacial score (nSPS) is 11.7. The minimum Gasteiger partial charge on any atom is -0.492 e. The lowest BCUT2D eigenvalue weighted by Crippen LogP contribution is -2.42. The lowest BCUT2D eigenvalue weighted by Gasteiger charge is -2.14. The Morgan fingerprint density at radius 1 is 1.35 bits per heavy atom. The van der Waals surface area contributed by atoms with Gasteiger partial charge in [0, 0.05) is 5.02 Å². The Hall–Kier alpha value is -0.970. The highest BCUT2D eigenvalue weighted by Gasteiger charge is 2.13. The average molecular weight is 321 g/mol. The van der Waals surface area contributed by atoms with Crippen LogP contribution in [0.25, 0.3) is 0 Å². The molecule has 20 heavy (non-hydrogen) atoms. The van der Waals surface area contributed by atoms with E-state index in [1.54, 1.807) is 24.3 Å². The first kappa shape index (κ1) is 19.0. The first-order chi connectivity index (χ1) is 8.99. The number of hydrogen-bond acceptors (Lipinski definition) is 3. The van der Waals surface area contributed by atoms with Crippen molar-refractivity contribution in [3.63, 3.8) is 0 Å². The van der Waals surface area contributed by atoms with Gasteiger partial charge in [0.1, 0.15) is 12.4 Å². The Bertz CT molecular complexity index is 397. The van der Waals surface area contributed by atoms with Gasteiger partial charge >= 0.3 is 0 Å². The summed E-state index contributed by atoms with van der Waals surface area (Å²) in [5.74, 6) is 1.00. The largest absolute Gasteiger partial charge is 0.492 e. The predicted octanol–water partition coefficient (Wildman–Crippen LogP) is 2.63. The highest BCUT2D eigenvalue weighted by atomic mass is 35.5. The molecule has 0 spiro atoms. The van der Waals surface area contributed by atoms with E-state index in [0.29, 0.717) is 30.5 Å². The second-order valence-corrected chi connectivity index (χ2v) is 5.27. The number of nitrogens with one attached hydrogen (secondary N) is 1. The van der Waals surface area contributed by atoms with Gasteiger partial charge in [-0.05, 0) is 36.6 Å². The minimum absolute atomic E-state index is 0. The fraction of sp³-hybridized carbons (Fsp3) is 0.500. The number of benzene rings is 1. The molecule has 114 valence electrons. The fourth-order valence-corrected chi connectivity index (χ4v) is 1.75. The third-order valence-electron chi connectivity index (χ3n) is 2.55. The van der Waals surface area contributed by atoms with Crippen molar-refractivity contribution in [1.82, 2.24) is 5.32 Å². The van der Waals surface area contributed by atoms with E-state index in [9.17, 15) is 4.79 Å². The van der Waals surface area contributed by atoms with Gasteiger partial charge in [-0.15, -0.1) is 12.4 Å². The zero-order valence-electron chi connectivity index (χ0n) is 11.8. The second kappa shape index (κ2) is 9.86. The van der Waals surface area contributed by atoms with Crippen LogP contribution in [0.1, 0.15) is 20.3 Å². The molecule has 3 N–H and O–H groups in total. The molecule has 0 radical (unpaired) electrons. The molecule has 0 aliphatic carbocycles. The Labute approximate surface area is 131 Å². The molecule has 0 aliphatic rings. The minimum atomic E-state index is -0.449. The molecule has 1 atom stereocenters. The highest BCUT2D eigenvalue weighted by molar-refractivity contribution is 6.30. The van der Waals surface area contributed by atoms with Crippen LogP contribution in [0.5, 0.6) is 5.75 Å². The second-order valence-electron chi connectivity index (χ2n) is 4.83. The van der Waals surface area contributed by atoms with Crippen LogP contribution < -0.4 is 15.8 Å². The molecule has 1 rings (SSSR count). The SMILES string of the molecule is CC(C)C[C@H](N)C(=O)NCCOc1ccc(Cl)cc1.Cl. The lowest BCUT2D eigenvalue weighted by atomic mass is 10.0. The van der Waals surface area contributed by atoms with Gasteiger partial charge in [0.15, 0.2) is 0 Å². The maximum atomic E-state index is 11.6. The smallest absolute Gasteiger partial charge is 0.237 e. The molecule has 0 unspecified atom stereocenters. The molecular weight excluding hydrogens is 299 g/mol. The lowest BCUT2D eigenvalue weighted by molar-refractivity contribution is -0.122. The van der Waals surface area contributed by atoms with E-state index < -0.39 is 6.04 Å². The van der Waals surface area contributed by atoms with Crippen molar-refractivity contribution in [2.24, 2.45) is 11.7 Å². The van der Waals surface area contributed by atoms with Crippen LogP contribution in [-0.2, 0) is 4.79 Å². The quantitative estimate of drug-likeness (QED) is 0.759. The van der Waals surface area contributed by atoms with E-state index >= 15 is 0 Å². The molecule has 0 saturated carbocycles. The third kappa shape index (κ3) is 7.58. The number of nitrogens with two attached hydrogens (primary N) is 1. The summed E-state index contributed by atoms with van der Waals surface area (Å²) in [5.41, 5.74) is 5.76. The number of carbonyl (C=O) groups excluding carboxylic acids is 1. The van der Waals surface area contributed by atoms with Gasteiger partial charge < -0.3 is 15.8 Å². The van der Waals surface area contributed by atoms with E-state index in [1.807, 2.05) is 13.8 Å². The topological polar surface area (TPSA) is 64.4 Å². The Balaban J connectivity index is 0.00000361. The zero-order chi connectivity index (χ0) is 14.3. The molecule has 0 fully saturated rings. The number of ether oxygens (including phenoxy) is 1. The maximum Gasteiger partial charge on any atom is 0.237 e. The summed E-state index contributed by atoms with van der Waals surface area (Å²) in [7, 11) is 0. The summed E-state index contributed by atoms with van der Waals surface area (Å²) in [5, 5.41) is 3.42. The fourth-order valence-electron chi connectivity index (χ4n) is 1.62. The van der Waals surface area contributed by atoms with Crippen LogP contribution in [0.3, 0.4) is 0 Å². The van der Waals surface area contributed by atoms with Crippen LogP contribution in [-0.4, -0.2) is 25.1 Å². The van der Waals surface area contributed by atoms with Crippen LogP contribution >= 0.6 is 24.0 Å². The highest BCUT2D eigenvalue weighted by Crippen LogP contribution is 2.15. The van der Waals surface area contributed by atoms with Gasteiger partial charge in [-0.1, -0.05) is 25.4 Å². The Kier molecular flexibility index (Phi) is 9.38. The number of carbonyl (C=O) groups is 1. The van der Waals surface area contributed by atoms with Gasteiger partial charge in [-0.25, -0.2) is 0 Å². The van der Waals surface area contributed by atoms with Crippen molar-refractivity contribution in [3.8, 4) is 5.75 Å². The van der Waals surface area contributed by atoms with Crippen molar-refractivity contribution in [1.29, 1.82) is 0 Å². The molecule has 1 aromatic rings. The molecule has 0 aliphatic heterocycles. The molecule has 0 aromatic heterocycles. The van der Waals surface area contributed by atoms with Gasteiger partial charge in [0.05, 0.1) is 12.6 Å². The molecule has 6 heteroatoms. The van der Waals surface area contributed by atoms with E-state index in [-0.39, 0.29) is 18.3 Å². The van der Waals surface area contributed by atoms with Gasteiger partial charge in [-0.3, -0.25) is 4.79 Å². The van der Waals surface area contributed by atoms with Crippen molar-refractivity contribution in [2.75, 3.05) is 13.2 Å². The summed E-state index contributed by atoms with van der Waals surface area (Å²) in [6.45, 7) is 4.92. The van der Waals surface area contributed by atoms with Crippen molar-refractivity contribution in [2.45, 2.75) is 26.3 Å². The molecule has 0 heterocycles. The number of rotatable bonds is 7. The molecule has 1 aromatic carbocycles. The average Bonchev–Trinajstić information content (AvgIpc) is 2.35. The Morgan fingerprint density at radius 3 is 2.50 bits per heavy atom. The number of hydrogen-bond donors (Lipinski definition) is 2. The van der Waals surface area contributed by atoms with Gasteiger partial charge in [0.2, 0.25) is 5.91 Å². The number of halogens is 2. The van der Waals surface area contributed by atoms with Crippen LogP contribution in [0.4, 0.5) is 0 Å². The van der Waals surface area contributed by atoms with E-state index in [2.05, 4.69) is 5.32 Å². The molecule has 0 saturated heterocycles. The summed E-state index contributed by atoms with van der Waals surface area (Å²) >= 11 is 5.76. The molecule has 4 nitrogen and oxygen atoms in total. The zero-order valence-corrected chi connectivity index (χ0v) is 13.3.